The molecule has 0 aliphatic heterocycles. The van der Waals surface area contributed by atoms with E-state index >= 15 is 0 Å². The highest BCUT2D eigenvalue weighted by Gasteiger charge is 2.06. The molecule has 0 aromatic rings. The number of nitrogens with zero attached hydrogens (tertiary/aromatic N) is 1. The van der Waals surface area contributed by atoms with Crippen molar-refractivity contribution in [1.82, 2.24) is 4.90 Å². The highest BCUT2D eigenvalue weighted by molar-refractivity contribution is 5.08. The molecule has 0 saturated heterocycles. The topological polar surface area (TPSA) is 3.24 Å². The Bertz CT molecular complexity index is 173. The zero-order chi connectivity index (χ0) is 10.3. The Balaban J connectivity index is 4.06. The molecule has 76 valence electrons. The summed E-state index contributed by atoms with van der Waals surface area (Å²) in [5.41, 5.74) is 0. The highest BCUT2D eigenvalue weighted by atomic mass is 15.1. The second-order valence-electron chi connectivity index (χ2n) is 3.75. The van der Waals surface area contributed by atoms with Gasteiger partial charge in [-0.05, 0) is 26.4 Å². The summed E-state index contributed by atoms with van der Waals surface area (Å²) in [6.07, 6.45) is 1.21. The first-order valence-corrected chi connectivity index (χ1v) is 5.36. The lowest BCUT2D eigenvalue weighted by atomic mass is 10.2. The Morgan fingerprint density at radius 1 is 1.08 bits per heavy atom. The molecule has 1 heteroatoms. The molecular weight excluding hydrogens is 158 g/mol. The van der Waals surface area contributed by atoms with E-state index in [1.165, 1.54) is 6.42 Å². The third-order valence-electron chi connectivity index (χ3n) is 2.05. The van der Waals surface area contributed by atoms with Crippen molar-refractivity contribution < 1.29 is 0 Å². The van der Waals surface area contributed by atoms with Crippen LogP contribution >= 0.6 is 0 Å². The summed E-state index contributed by atoms with van der Waals surface area (Å²) in [6, 6.07) is 0.410. The molecular formula is C12H23N. The van der Waals surface area contributed by atoms with Crippen LogP contribution in [0.15, 0.2) is 0 Å². The predicted octanol–water partition coefficient (Wildman–Crippen LogP) is 2.77. The van der Waals surface area contributed by atoms with Crippen molar-refractivity contribution in [3.8, 4) is 11.8 Å². The summed E-state index contributed by atoms with van der Waals surface area (Å²) in [6.45, 7) is 13.1. The maximum absolute atomic E-state index is 3.29. The minimum Gasteiger partial charge on any atom is -0.290 e. The smallest absolute Gasteiger partial charge is 0.0685 e. The summed E-state index contributed by atoms with van der Waals surface area (Å²) in [4.78, 5) is 2.41. The number of hydrogen-bond donors (Lipinski definition) is 0. The molecule has 0 aromatic carbocycles. The molecule has 13 heavy (non-hydrogen) atoms. The van der Waals surface area contributed by atoms with Crippen molar-refractivity contribution >= 4 is 0 Å². The summed E-state index contributed by atoms with van der Waals surface area (Å²) >= 11 is 0. The summed E-state index contributed by atoms with van der Waals surface area (Å²) in [5.74, 6) is 7.01. The van der Waals surface area contributed by atoms with E-state index in [2.05, 4.69) is 51.4 Å². The second-order valence-corrected chi connectivity index (χ2v) is 3.75. The van der Waals surface area contributed by atoms with Gasteiger partial charge in [-0.2, -0.15) is 0 Å². The third-order valence-corrected chi connectivity index (χ3v) is 2.05. The third kappa shape index (κ3) is 5.71. The minimum absolute atomic E-state index is 0.410. The summed E-state index contributed by atoms with van der Waals surface area (Å²) in [7, 11) is 0. The van der Waals surface area contributed by atoms with E-state index in [1.807, 2.05) is 0 Å². The summed E-state index contributed by atoms with van der Waals surface area (Å²) in [5, 5.41) is 0. The van der Waals surface area contributed by atoms with Gasteiger partial charge in [0, 0.05) is 5.92 Å². The molecule has 0 amide bonds. The Hall–Kier alpha value is -0.480. The van der Waals surface area contributed by atoms with E-state index in [-0.39, 0.29) is 0 Å². The largest absolute Gasteiger partial charge is 0.290 e. The average molecular weight is 181 g/mol. The fourth-order valence-corrected chi connectivity index (χ4v) is 1.29. The van der Waals surface area contributed by atoms with E-state index in [0.29, 0.717) is 12.0 Å². The molecule has 0 unspecified atom stereocenters. The standard InChI is InChI=1S/C12H23N/c1-6-10-13(7-2)12(5)9-8-11(3)4/h11-12H,6-7,10H2,1-5H3/t12-/m0/s1. The molecule has 0 spiro atoms. The average Bonchev–Trinajstić information content (AvgIpc) is 2.10. The van der Waals surface area contributed by atoms with Gasteiger partial charge < -0.3 is 0 Å². The zero-order valence-electron chi connectivity index (χ0n) is 9.72. The SMILES string of the molecule is CCCN(CC)[C@@H](C)C#CC(C)C. The van der Waals surface area contributed by atoms with Crippen LogP contribution in [-0.4, -0.2) is 24.0 Å². The van der Waals surface area contributed by atoms with Crippen LogP contribution in [0.3, 0.4) is 0 Å². The van der Waals surface area contributed by atoms with Crippen molar-refractivity contribution in [2.24, 2.45) is 5.92 Å². The van der Waals surface area contributed by atoms with Crippen LogP contribution in [-0.2, 0) is 0 Å². The van der Waals surface area contributed by atoms with Crippen LogP contribution in [0, 0.1) is 17.8 Å². The van der Waals surface area contributed by atoms with E-state index in [4.69, 9.17) is 0 Å². The van der Waals surface area contributed by atoms with Crippen molar-refractivity contribution in [1.29, 1.82) is 0 Å². The molecule has 0 fully saturated rings. The lowest BCUT2D eigenvalue weighted by molar-refractivity contribution is 0.261. The zero-order valence-corrected chi connectivity index (χ0v) is 9.72. The van der Waals surface area contributed by atoms with Gasteiger partial charge >= 0.3 is 0 Å². The molecule has 0 N–H and O–H groups in total. The molecule has 1 atom stereocenters. The lowest BCUT2D eigenvalue weighted by Crippen LogP contribution is -2.32. The summed E-state index contributed by atoms with van der Waals surface area (Å²) < 4.78 is 0. The number of hydrogen-bond acceptors (Lipinski definition) is 1. The van der Waals surface area contributed by atoms with Gasteiger partial charge in [0.15, 0.2) is 0 Å². The lowest BCUT2D eigenvalue weighted by Gasteiger charge is -2.23. The van der Waals surface area contributed by atoms with Crippen molar-refractivity contribution in [2.75, 3.05) is 13.1 Å². The fourth-order valence-electron chi connectivity index (χ4n) is 1.29. The molecule has 1 nitrogen and oxygen atoms in total. The van der Waals surface area contributed by atoms with Crippen LogP contribution in [0.1, 0.15) is 41.0 Å². The van der Waals surface area contributed by atoms with Gasteiger partial charge in [0.1, 0.15) is 0 Å². The van der Waals surface area contributed by atoms with Gasteiger partial charge in [-0.25, -0.2) is 0 Å². The molecule has 0 saturated carbocycles. The number of rotatable bonds is 4. The minimum atomic E-state index is 0.410. The fraction of sp³-hybridized carbons (Fsp3) is 0.833. The molecule has 0 aliphatic carbocycles. The van der Waals surface area contributed by atoms with Crippen LogP contribution in [0.25, 0.3) is 0 Å². The van der Waals surface area contributed by atoms with Crippen molar-refractivity contribution in [3.05, 3.63) is 0 Å². The molecule has 0 radical (unpaired) electrons. The van der Waals surface area contributed by atoms with E-state index in [1.54, 1.807) is 0 Å². The van der Waals surface area contributed by atoms with Crippen LogP contribution < -0.4 is 0 Å². The Kier molecular flexibility index (Phi) is 6.72. The predicted molar refractivity (Wildman–Crippen MR) is 59.6 cm³/mol. The van der Waals surface area contributed by atoms with E-state index in [0.717, 1.165) is 13.1 Å². The molecule has 0 aromatic heterocycles. The first-order valence-electron chi connectivity index (χ1n) is 5.36. The van der Waals surface area contributed by atoms with Crippen LogP contribution in [0.4, 0.5) is 0 Å². The van der Waals surface area contributed by atoms with Gasteiger partial charge in [0.2, 0.25) is 0 Å². The van der Waals surface area contributed by atoms with Gasteiger partial charge in [-0.15, -0.1) is 0 Å². The molecule has 0 rings (SSSR count). The Labute approximate surface area is 83.5 Å². The van der Waals surface area contributed by atoms with Gasteiger partial charge in [0.05, 0.1) is 6.04 Å². The Morgan fingerprint density at radius 2 is 1.69 bits per heavy atom. The first kappa shape index (κ1) is 12.5. The maximum atomic E-state index is 3.29. The maximum Gasteiger partial charge on any atom is 0.0685 e. The van der Waals surface area contributed by atoms with Crippen LogP contribution in [0.5, 0.6) is 0 Å². The second kappa shape index (κ2) is 6.97. The Morgan fingerprint density at radius 3 is 2.08 bits per heavy atom. The van der Waals surface area contributed by atoms with Gasteiger partial charge in [0.25, 0.3) is 0 Å². The van der Waals surface area contributed by atoms with Crippen molar-refractivity contribution in [3.63, 3.8) is 0 Å². The van der Waals surface area contributed by atoms with E-state index in [9.17, 15) is 0 Å². The quantitative estimate of drug-likeness (QED) is 0.603. The molecule has 0 heterocycles. The van der Waals surface area contributed by atoms with Gasteiger partial charge in [-0.1, -0.05) is 39.5 Å². The highest BCUT2D eigenvalue weighted by Crippen LogP contribution is 1.99. The first-order chi connectivity index (χ1) is 6.11. The molecule has 0 bridgehead atoms. The van der Waals surface area contributed by atoms with Gasteiger partial charge in [-0.3, -0.25) is 4.90 Å². The van der Waals surface area contributed by atoms with Crippen molar-refractivity contribution in [2.45, 2.75) is 47.1 Å². The van der Waals surface area contributed by atoms with Crippen LogP contribution in [0.2, 0.25) is 0 Å². The monoisotopic (exact) mass is 181 g/mol. The molecule has 0 aliphatic rings. The van der Waals surface area contributed by atoms with E-state index < -0.39 is 0 Å². The normalized spacial score (nSPS) is 12.8.